The Balaban J connectivity index is 1.13. The molecule has 0 unspecified atom stereocenters. The van der Waals surface area contributed by atoms with Crippen molar-refractivity contribution in [3.63, 3.8) is 0 Å². The van der Waals surface area contributed by atoms with Gasteiger partial charge in [0.2, 0.25) is 0 Å². The minimum absolute atomic E-state index is 0.853. The molecule has 51 heavy (non-hydrogen) atoms. The van der Waals surface area contributed by atoms with Crippen LogP contribution in [0.3, 0.4) is 0 Å². The summed E-state index contributed by atoms with van der Waals surface area (Å²) in [6.07, 6.45) is 8.99. The van der Waals surface area contributed by atoms with Crippen LogP contribution in [-0.4, -0.2) is 55.1 Å². The Bertz CT molecular complexity index is 1770. The molecular weight excluding hydrogens is 681 g/mol. The molecule has 0 atom stereocenters. The average Bonchev–Trinajstić information content (AvgIpc) is 3.13. The van der Waals surface area contributed by atoms with Crippen molar-refractivity contribution >= 4 is 25.2 Å². The van der Waals surface area contributed by atoms with E-state index in [1.54, 1.807) is 0 Å². The number of rotatable bonds is 14. The number of hydrogen-bond acceptors (Lipinski definition) is 8. The smallest absolute Gasteiger partial charge is 0.311 e. The Morgan fingerprint density at radius 3 is 0.961 bits per heavy atom. The van der Waals surface area contributed by atoms with Gasteiger partial charge in [0.25, 0.3) is 0 Å². The molecule has 0 amide bonds. The highest BCUT2D eigenvalue weighted by molar-refractivity contribution is 6.87. The third kappa shape index (κ3) is 10.3. The van der Waals surface area contributed by atoms with E-state index in [4.69, 9.17) is 18.2 Å². The molecule has 8 nitrogen and oxygen atoms in total. The van der Waals surface area contributed by atoms with Gasteiger partial charge in [0, 0.05) is 24.8 Å². The summed E-state index contributed by atoms with van der Waals surface area (Å²) in [4.78, 5) is 28.2. The number of pyridine rings is 6. The molecule has 0 saturated heterocycles. The fourth-order valence-corrected chi connectivity index (χ4v) is 20.2. The van der Waals surface area contributed by atoms with Gasteiger partial charge in [-0.25, -0.2) is 9.97 Å². The van der Waals surface area contributed by atoms with Gasteiger partial charge in [-0.05, 0) is 148 Å². The first-order valence-corrected chi connectivity index (χ1v) is 26.6. The normalized spacial score (nSPS) is 12.2. The summed E-state index contributed by atoms with van der Waals surface area (Å²) < 4.78 is 14.1. The largest absolute Gasteiger partial charge is 0.436 e. The second kappa shape index (κ2) is 15.8. The molecule has 0 aromatic carbocycles. The quantitative estimate of drug-likeness (QED) is 0.102. The van der Waals surface area contributed by atoms with Gasteiger partial charge in [-0.1, -0.05) is 24.3 Å². The van der Waals surface area contributed by atoms with Crippen LogP contribution in [0.1, 0.15) is 11.1 Å². The first-order valence-electron chi connectivity index (χ1n) is 17.5. The van der Waals surface area contributed by atoms with Crippen molar-refractivity contribution in [2.45, 2.75) is 64.2 Å². The molecule has 0 aliphatic rings. The molecule has 6 rings (SSSR count). The van der Waals surface area contributed by atoms with Crippen molar-refractivity contribution in [1.82, 2.24) is 29.9 Å². The Morgan fingerprint density at radius 2 is 0.706 bits per heavy atom. The number of aromatic nitrogens is 6. The zero-order valence-electron chi connectivity index (χ0n) is 30.4. The molecule has 260 valence electrons. The molecule has 11 heteroatoms. The van der Waals surface area contributed by atoms with E-state index in [1.807, 2.05) is 97.6 Å². The van der Waals surface area contributed by atoms with E-state index >= 15 is 0 Å². The molecule has 0 spiro atoms. The molecule has 0 saturated carbocycles. The van der Waals surface area contributed by atoms with Gasteiger partial charge in [0.05, 0.1) is 45.6 Å². The fraction of sp³-hybridized carbons (Fsp3) is 0.250. The minimum atomic E-state index is -2.45. The number of aryl methyl sites for hydroxylation is 2. The highest BCUT2D eigenvalue weighted by Crippen LogP contribution is 2.30. The van der Waals surface area contributed by atoms with Crippen molar-refractivity contribution < 1.29 is 8.23 Å². The summed E-state index contributed by atoms with van der Waals surface area (Å²) in [7, 11) is -6.66. The van der Waals surface area contributed by atoms with Gasteiger partial charge < -0.3 is 8.23 Å². The third-order valence-electron chi connectivity index (χ3n) is 8.56. The predicted molar refractivity (Wildman–Crippen MR) is 213 cm³/mol. The van der Waals surface area contributed by atoms with Crippen LogP contribution in [0.15, 0.2) is 122 Å². The van der Waals surface area contributed by atoms with Crippen molar-refractivity contribution in [2.75, 3.05) is 0 Å². The molecule has 0 fully saturated rings. The van der Waals surface area contributed by atoms with Crippen LogP contribution in [0.2, 0.25) is 51.4 Å². The maximum absolute atomic E-state index is 7.04. The second-order valence-electron chi connectivity index (χ2n) is 14.5. The first-order chi connectivity index (χ1) is 24.4. The molecule has 0 N–H and O–H groups in total. The van der Waals surface area contributed by atoms with Crippen molar-refractivity contribution in [3.05, 3.63) is 133 Å². The van der Waals surface area contributed by atoms with Crippen LogP contribution in [0.4, 0.5) is 0 Å². The Hall–Kier alpha value is -4.53. The standard InChI is InChI=1S/C40H46N6O2Si3/c1-49(2,25-19-31-27-37(33-15-7-11-21-41-33)45-38(28-31)34-16-8-12-22-42-34)47-51(5,6)48-50(3,4)26-20-32-29-39(35-17-9-13-23-43-35)46-40(30-32)36-18-10-14-24-44-36/h7-18,21-24,27-30H,19-20,25-26H2,1-6H3. The van der Waals surface area contributed by atoms with Crippen LogP contribution < -0.4 is 0 Å². The third-order valence-corrected chi connectivity index (χ3v) is 19.8. The van der Waals surface area contributed by atoms with Crippen molar-refractivity contribution in [1.29, 1.82) is 0 Å². The summed E-state index contributed by atoms with van der Waals surface area (Å²) >= 11 is 0. The Labute approximate surface area is 305 Å². The highest BCUT2D eigenvalue weighted by atomic mass is 28.5. The zero-order chi connectivity index (χ0) is 35.9. The minimum Gasteiger partial charge on any atom is -0.436 e. The lowest BCUT2D eigenvalue weighted by molar-refractivity contribution is 0.388. The van der Waals surface area contributed by atoms with Gasteiger partial charge in [0.15, 0.2) is 16.6 Å². The number of nitrogens with zero attached hydrogens (tertiary/aromatic N) is 6. The van der Waals surface area contributed by atoms with E-state index in [0.29, 0.717) is 0 Å². The van der Waals surface area contributed by atoms with E-state index in [9.17, 15) is 0 Å². The summed E-state index contributed by atoms with van der Waals surface area (Å²) in [5, 5.41) is 0. The fourth-order valence-electron chi connectivity index (χ4n) is 6.39. The number of hydrogen-bond donors (Lipinski definition) is 0. The lowest BCUT2D eigenvalue weighted by atomic mass is 10.1. The van der Waals surface area contributed by atoms with Gasteiger partial charge >= 0.3 is 8.56 Å². The predicted octanol–water partition coefficient (Wildman–Crippen LogP) is 9.65. The molecule has 0 aliphatic heterocycles. The van der Waals surface area contributed by atoms with Gasteiger partial charge in [-0.3, -0.25) is 19.9 Å². The van der Waals surface area contributed by atoms with E-state index in [2.05, 4.69) is 83.5 Å². The zero-order valence-corrected chi connectivity index (χ0v) is 33.4. The second-order valence-corrected chi connectivity index (χ2v) is 26.9. The Morgan fingerprint density at radius 1 is 0.412 bits per heavy atom. The van der Waals surface area contributed by atoms with Gasteiger partial charge in [-0.15, -0.1) is 0 Å². The van der Waals surface area contributed by atoms with Gasteiger partial charge in [0.1, 0.15) is 0 Å². The molecule has 0 radical (unpaired) electrons. The van der Waals surface area contributed by atoms with Crippen LogP contribution in [0.5, 0.6) is 0 Å². The first kappa shape index (κ1) is 36.3. The molecular formula is C40H46N6O2Si3. The van der Waals surface area contributed by atoms with E-state index in [0.717, 1.165) is 70.5 Å². The SMILES string of the molecule is C[Si](C)(CCc1cc(-c2ccccn2)nc(-c2ccccn2)c1)O[Si](C)(C)O[Si](C)(C)CCc1cc(-c2ccccn2)nc(-c2ccccn2)c1. The van der Waals surface area contributed by atoms with Crippen molar-refractivity contribution in [3.8, 4) is 45.6 Å². The van der Waals surface area contributed by atoms with Crippen LogP contribution in [0.25, 0.3) is 45.6 Å². The maximum Gasteiger partial charge on any atom is 0.311 e. The molecule has 6 aromatic rings. The highest BCUT2D eigenvalue weighted by Gasteiger charge is 2.39. The molecule has 0 bridgehead atoms. The monoisotopic (exact) mass is 726 g/mol. The molecule has 6 aromatic heterocycles. The lowest BCUT2D eigenvalue weighted by Gasteiger charge is -2.39. The Kier molecular flexibility index (Phi) is 11.2. The summed E-state index contributed by atoms with van der Waals surface area (Å²) in [5.41, 5.74) is 9.24. The van der Waals surface area contributed by atoms with Crippen molar-refractivity contribution in [2.24, 2.45) is 0 Å². The van der Waals surface area contributed by atoms with Crippen LogP contribution in [-0.2, 0) is 21.1 Å². The van der Waals surface area contributed by atoms with E-state index < -0.39 is 25.2 Å². The van der Waals surface area contributed by atoms with E-state index in [1.165, 1.54) is 11.1 Å². The summed E-state index contributed by atoms with van der Waals surface area (Å²) in [5.74, 6) is 0. The van der Waals surface area contributed by atoms with Crippen LogP contribution >= 0.6 is 0 Å². The average molecular weight is 727 g/mol. The molecule has 6 heterocycles. The summed E-state index contributed by atoms with van der Waals surface area (Å²) in [6.45, 7) is 13.7. The lowest BCUT2D eigenvalue weighted by Crippen LogP contribution is -2.52. The topological polar surface area (TPSA) is 95.8 Å². The maximum atomic E-state index is 7.04. The van der Waals surface area contributed by atoms with E-state index in [-0.39, 0.29) is 0 Å². The van der Waals surface area contributed by atoms with Crippen LogP contribution in [0, 0.1) is 0 Å². The summed E-state index contributed by atoms with van der Waals surface area (Å²) in [6, 6.07) is 34.2. The van der Waals surface area contributed by atoms with Gasteiger partial charge in [-0.2, -0.15) is 0 Å². The molecule has 0 aliphatic carbocycles.